The molecule has 2 rings (SSSR count). The predicted octanol–water partition coefficient (Wildman–Crippen LogP) is 0.557. The summed E-state index contributed by atoms with van der Waals surface area (Å²) in [5.74, 6) is 0.850. The Hall–Kier alpha value is -1.36. The van der Waals surface area contributed by atoms with E-state index in [9.17, 15) is 4.79 Å². The van der Waals surface area contributed by atoms with Crippen molar-refractivity contribution in [3.63, 3.8) is 0 Å². The molecule has 5 nitrogen and oxygen atoms in total. The fraction of sp³-hybridized carbons (Fsp3) is 0.636. The number of aryl methyl sites for hydroxylation is 1. The molecule has 1 fully saturated rings. The lowest BCUT2D eigenvalue weighted by atomic mass is 10.2. The van der Waals surface area contributed by atoms with E-state index in [-0.39, 0.29) is 12.0 Å². The molecule has 5 heteroatoms. The Kier molecular flexibility index (Phi) is 3.24. The van der Waals surface area contributed by atoms with Gasteiger partial charge in [0.1, 0.15) is 11.9 Å². The number of carbonyl (C=O) groups excluding carboxylic acids is 1. The van der Waals surface area contributed by atoms with Gasteiger partial charge in [0.15, 0.2) is 0 Å². The minimum atomic E-state index is -0.133. The molecular weight excluding hydrogens is 206 g/mol. The number of imidazole rings is 1. The molecule has 1 aromatic heterocycles. The number of rotatable bonds is 3. The average Bonchev–Trinajstić information content (AvgIpc) is 2.88. The molecule has 0 spiro atoms. The fourth-order valence-corrected chi connectivity index (χ4v) is 2.15. The third kappa shape index (κ3) is 2.09. The lowest BCUT2D eigenvalue weighted by molar-refractivity contribution is -0.146. The Labute approximate surface area is 95.0 Å². The first-order chi connectivity index (χ1) is 7.72. The lowest BCUT2D eigenvalue weighted by Crippen LogP contribution is -2.36. The highest BCUT2D eigenvalue weighted by Gasteiger charge is 2.31. The summed E-state index contributed by atoms with van der Waals surface area (Å²) in [4.78, 5) is 17.9. The van der Waals surface area contributed by atoms with E-state index in [2.05, 4.69) is 9.88 Å². The maximum absolute atomic E-state index is 11.5. The Morgan fingerprint density at radius 2 is 2.50 bits per heavy atom. The molecule has 0 bridgehead atoms. The second kappa shape index (κ2) is 4.65. The maximum Gasteiger partial charge on any atom is 0.323 e. The molecule has 2 heterocycles. The van der Waals surface area contributed by atoms with E-state index in [1.807, 2.05) is 17.8 Å². The molecule has 1 atom stereocenters. The Bertz CT molecular complexity index is 375. The largest absolute Gasteiger partial charge is 0.468 e. The minimum absolute atomic E-state index is 0.0956. The van der Waals surface area contributed by atoms with Gasteiger partial charge in [0.2, 0.25) is 0 Å². The summed E-state index contributed by atoms with van der Waals surface area (Å²) in [7, 11) is 3.41. The van der Waals surface area contributed by atoms with Crippen LogP contribution in [-0.2, 0) is 23.1 Å². The van der Waals surface area contributed by atoms with Gasteiger partial charge in [-0.3, -0.25) is 9.69 Å². The molecule has 0 aromatic carbocycles. The fourth-order valence-electron chi connectivity index (χ4n) is 2.15. The van der Waals surface area contributed by atoms with E-state index in [0.29, 0.717) is 6.54 Å². The zero-order valence-electron chi connectivity index (χ0n) is 9.72. The van der Waals surface area contributed by atoms with Crippen molar-refractivity contribution in [2.45, 2.75) is 25.4 Å². The number of aromatic nitrogens is 2. The van der Waals surface area contributed by atoms with E-state index >= 15 is 0 Å². The monoisotopic (exact) mass is 223 g/mol. The van der Waals surface area contributed by atoms with E-state index in [1.54, 1.807) is 6.20 Å². The van der Waals surface area contributed by atoms with Crippen molar-refractivity contribution in [1.29, 1.82) is 0 Å². The van der Waals surface area contributed by atoms with Gasteiger partial charge >= 0.3 is 5.97 Å². The van der Waals surface area contributed by atoms with Gasteiger partial charge < -0.3 is 9.30 Å². The van der Waals surface area contributed by atoms with Crippen LogP contribution >= 0.6 is 0 Å². The molecule has 0 saturated carbocycles. The Morgan fingerprint density at radius 1 is 1.69 bits per heavy atom. The first kappa shape index (κ1) is 11.1. The average molecular weight is 223 g/mol. The van der Waals surface area contributed by atoms with Crippen molar-refractivity contribution < 1.29 is 9.53 Å². The molecule has 1 aliphatic heterocycles. The molecule has 0 N–H and O–H groups in total. The number of ether oxygens (including phenoxy) is 1. The van der Waals surface area contributed by atoms with Crippen LogP contribution in [0.15, 0.2) is 12.4 Å². The van der Waals surface area contributed by atoms with Crippen molar-refractivity contribution in [2.24, 2.45) is 7.05 Å². The van der Waals surface area contributed by atoms with E-state index in [0.717, 1.165) is 25.2 Å². The summed E-state index contributed by atoms with van der Waals surface area (Å²) in [5, 5.41) is 0. The maximum atomic E-state index is 11.5. The van der Waals surface area contributed by atoms with Crippen LogP contribution in [0.1, 0.15) is 18.7 Å². The van der Waals surface area contributed by atoms with Crippen LogP contribution in [0.2, 0.25) is 0 Å². The van der Waals surface area contributed by atoms with Crippen molar-refractivity contribution in [3.05, 3.63) is 18.2 Å². The SMILES string of the molecule is COC(=O)[C@@H]1CCCN1Cc1nccn1C. The summed E-state index contributed by atoms with van der Waals surface area (Å²) >= 11 is 0. The third-order valence-corrected chi connectivity index (χ3v) is 3.10. The van der Waals surface area contributed by atoms with Gasteiger partial charge in [-0.2, -0.15) is 0 Å². The number of nitrogens with zero attached hydrogens (tertiary/aromatic N) is 3. The van der Waals surface area contributed by atoms with Crippen LogP contribution < -0.4 is 0 Å². The minimum Gasteiger partial charge on any atom is -0.468 e. The van der Waals surface area contributed by atoms with Crippen molar-refractivity contribution in [1.82, 2.24) is 14.5 Å². The van der Waals surface area contributed by atoms with Crippen LogP contribution in [0.3, 0.4) is 0 Å². The smallest absolute Gasteiger partial charge is 0.323 e. The van der Waals surface area contributed by atoms with Gasteiger partial charge in [-0.25, -0.2) is 4.98 Å². The molecule has 16 heavy (non-hydrogen) atoms. The molecule has 88 valence electrons. The van der Waals surface area contributed by atoms with Crippen molar-refractivity contribution in [3.8, 4) is 0 Å². The third-order valence-electron chi connectivity index (χ3n) is 3.10. The van der Waals surface area contributed by atoms with Gasteiger partial charge in [-0.15, -0.1) is 0 Å². The number of methoxy groups -OCH3 is 1. The van der Waals surface area contributed by atoms with Crippen LogP contribution in [0, 0.1) is 0 Å². The number of esters is 1. The van der Waals surface area contributed by atoms with Crippen LogP contribution in [0.5, 0.6) is 0 Å². The van der Waals surface area contributed by atoms with Gasteiger partial charge in [0, 0.05) is 19.4 Å². The Balaban J connectivity index is 2.04. The highest BCUT2D eigenvalue weighted by molar-refractivity contribution is 5.75. The second-order valence-corrected chi connectivity index (χ2v) is 4.11. The van der Waals surface area contributed by atoms with E-state index < -0.39 is 0 Å². The van der Waals surface area contributed by atoms with Crippen molar-refractivity contribution >= 4 is 5.97 Å². The summed E-state index contributed by atoms with van der Waals surface area (Å²) in [5.41, 5.74) is 0. The molecule has 0 radical (unpaired) electrons. The molecule has 0 unspecified atom stereocenters. The molecular formula is C11H17N3O2. The highest BCUT2D eigenvalue weighted by Crippen LogP contribution is 2.20. The van der Waals surface area contributed by atoms with Gasteiger partial charge in [-0.05, 0) is 19.4 Å². The zero-order chi connectivity index (χ0) is 11.5. The van der Waals surface area contributed by atoms with Gasteiger partial charge in [0.05, 0.1) is 13.7 Å². The number of hydrogen-bond donors (Lipinski definition) is 0. The lowest BCUT2D eigenvalue weighted by Gasteiger charge is -2.21. The molecule has 1 aromatic rings. The Morgan fingerprint density at radius 3 is 3.12 bits per heavy atom. The quantitative estimate of drug-likeness (QED) is 0.702. The molecule has 1 saturated heterocycles. The van der Waals surface area contributed by atoms with Crippen LogP contribution in [0.4, 0.5) is 0 Å². The summed E-state index contributed by atoms with van der Waals surface area (Å²) in [6, 6.07) is -0.0956. The topological polar surface area (TPSA) is 47.4 Å². The zero-order valence-corrected chi connectivity index (χ0v) is 9.72. The van der Waals surface area contributed by atoms with E-state index in [1.165, 1.54) is 7.11 Å². The molecule has 0 aliphatic carbocycles. The first-order valence-electron chi connectivity index (χ1n) is 5.50. The van der Waals surface area contributed by atoms with Gasteiger partial charge in [0.25, 0.3) is 0 Å². The van der Waals surface area contributed by atoms with E-state index in [4.69, 9.17) is 4.74 Å². The number of likely N-dealkylation sites (tertiary alicyclic amines) is 1. The van der Waals surface area contributed by atoms with Crippen LogP contribution in [0.25, 0.3) is 0 Å². The van der Waals surface area contributed by atoms with Crippen molar-refractivity contribution in [2.75, 3.05) is 13.7 Å². The number of carbonyl (C=O) groups is 1. The predicted molar refractivity (Wildman–Crippen MR) is 58.7 cm³/mol. The first-order valence-corrected chi connectivity index (χ1v) is 5.50. The highest BCUT2D eigenvalue weighted by atomic mass is 16.5. The van der Waals surface area contributed by atoms with Gasteiger partial charge in [-0.1, -0.05) is 0 Å². The molecule has 1 aliphatic rings. The number of hydrogen-bond acceptors (Lipinski definition) is 4. The van der Waals surface area contributed by atoms with Crippen LogP contribution in [-0.4, -0.2) is 40.1 Å². The normalized spacial score (nSPS) is 21.2. The summed E-state index contributed by atoms with van der Waals surface area (Å²) < 4.78 is 6.78. The summed E-state index contributed by atoms with van der Waals surface area (Å²) in [6.07, 6.45) is 5.62. The second-order valence-electron chi connectivity index (χ2n) is 4.11. The standard InChI is InChI=1S/C11H17N3O2/c1-13-7-5-12-10(13)8-14-6-3-4-9(14)11(15)16-2/h5,7,9H,3-4,6,8H2,1-2H3/t9-/m0/s1. The molecule has 0 amide bonds. The summed E-state index contributed by atoms with van der Waals surface area (Å²) in [6.45, 7) is 1.65.